The first-order valence-electron chi connectivity index (χ1n) is 5.24. The molecule has 0 aromatic carbocycles. The van der Waals surface area contributed by atoms with Crippen LogP contribution in [0, 0.1) is 5.92 Å². The van der Waals surface area contributed by atoms with Gasteiger partial charge in [0.15, 0.2) is 0 Å². The minimum absolute atomic E-state index is 0.00440. The fraction of sp³-hybridized carbons (Fsp3) is 0.778. The van der Waals surface area contributed by atoms with Crippen LogP contribution in [0.2, 0.25) is 0 Å². The van der Waals surface area contributed by atoms with Crippen LogP contribution in [0.25, 0.3) is 0 Å². The molecule has 1 saturated heterocycles. The predicted molar refractivity (Wildman–Crippen MR) is 52.5 cm³/mol. The molecule has 1 rings (SSSR count). The van der Waals surface area contributed by atoms with Gasteiger partial charge in [-0.3, -0.25) is 9.69 Å². The summed E-state index contributed by atoms with van der Waals surface area (Å²) in [5, 5.41) is 19.8. The van der Waals surface area contributed by atoms with Crippen molar-refractivity contribution in [2.24, 2.45) is 5.92 Å². The molecule has 0 bridgehead atoms. The van der Waals surface area contributed by atoms with Gasteiger partial charge >= 0.3 is 18.2 Å². The van der Waals surface area contributed by atoms with Crippen molar-refractivity contribution in [2.75, 3.05) is 13.1 Å². The number of halogens is 3. The molecule has 3 N–H and O–H groups in total. The van der Waals surface area contributed by atoms with Gasteiger partial charge in [0.1, 0.15) is 6.23 Å². The molecule has 0 saturated carbocycles. The fourth-order valence-corrected chi connectivity index (χ4v) is 1.76. The van der Waals surface area contributed by atoms with Gasteiger partial charge in [-0.25, -0.2) is 4.79 Å². The lowest BCUT2D eigenvalue weighted by Gasteiger charge is -2.34. The first kappa shape index (κ1) is 14.6. The Hall–Kier alpha value is -1.51. The SMILES string of the molecule is O=C(O)N1CCC(CNC(=O)C(F)(F)F)CC1O. The minimum atomic E-state index is -4.93. The van der Waals surface area contributed by atoms with E-state index < -0.39 is 24.4 Å². The molecular formula is C9H13F3N2O4. The molecule has 2 atom stereocenters. The Kier molecular flexibility index (Phi) is 4.38. The number of aliphatic hydroxyl groups is 1. The van der Waals surface area contributed by atoms with Crippen LogP contribution in [0.3, 0.4) is 0 Å². The van der Waals surface area contributed by atoms with Gasteiger partial charge in [-0.1, -0.05) is 0 Å². The molecule has 1 aliphatic rings. The van der Waals surface area contributed by atoms with Gasteiger partial charge in [0.25, 0.3) is 0 Å². The highest BCUT2D eigenvalue weighted by Gasteiger charge is 2.39. The number of nitrogens with zero attached hydrogens (tertiary/aromatic N) is 1. The zero-order valence-corrected chi connectivity index (χ0v) is 9.28. The maximum absolute atomic E-state index is 11.9. The van der Waals surface area contributed by atoms with Crippen LogP contribution in [0.5, 0.6) is 0 Å². The summed E-state index contributed by atoms with van der Waals surface area (Å²) in [6.45, 7) is -0.202. The summed E-state index contributed by atoms with van der Waals surface area (Å²) < 4.78 is 35.7. The average molecular weight is 270 g/mol. The Morgan fingerprint density at radius 3 is 2.44 bits per heavy atom. The van der Waals surface area contributed by atoms with Gasteiger partial charge in [0, 0.05) is 13.1 Å². The number of carbonyl (C=O) groups excluding carboxylic acids is 1. The van der Waals surface area contributed by atoms with Crippen molar-refractivity contribution in [3.63, 3.8) is 0 Å². The van der Waals surface area contributed by atoms with Crippen molar-refractivity contribution >= 4 is 12.0 Å². The topological polar surface area (TPSA) is 89.9 Å². The summed E-state index contributed by atoms with van der Waals surface area (Å²) in [6, 6.07) is 0. The minimum Gasteiger partial charge on any atom is -0.465 e. The number of amides is 2. The lowest BCUT2D eigenvalue weighted by Crippen LogP contribution is -2.48. The summed E-state index contributed by atoms with van der Waals surface area (Å²) >= 11 is 0. The van der Waals surface area contributed by atoms with Crippen LogP contribution in [-0.2, 0) is 4.79 Å². The van der Waals surface area contributed by atoms with Gasteiger partial charge in [-0.2, -0.15) is 13.2 Å². The van der Waals surface area contributed by atoms with Gasteiger partial charge in [-0.05, 0) is 18.8 Å². The number of hydrogen-bond acceptors (Lipinski definition) is 3. The van der Waals surface area contributed by atoms with Crippen LogP contribution in [0.4, 0.5) is 18.0 Å². The molecule has 18 heavy (non-hydrogen) atoms. The Bertz CT molecular complexity index is 334. The molecule has 6 nitrogen and oxygen atoms in total. The quantitative estimate of drug-likeness (QED) is 0.676. The van der Waals surface area contributed by atoms with Gasteiger partial charge < -0.3 is 15.5 Å². The third-order valence-corrected chi connectivity index (χ3v) is 2.74. The first-order chi connectivity index (χ1) is 8.21. The van der Waals surface area contributed by atoms with E-state index in [1.165, 1.54) is 0 Å². The lowest BCUT2D eigenvalue weighted by atomic mass is 9.95. The van der Waals surface area contributed by atoms with E-state index in [0.717, 1.165) is 4.90 Å². The summed E-state index contributed by atoms with van der Waals surface area (Å²) in [6.07, 6.45) is -7.16. The second-order valence-electron chi connectivity index (χ2n) is 4.05. The summed E-state index contributed by atoms with van der Waals surface area (Å²) in [7, 11) is 0. The molecule has 1 fully saturated rings. The molecule has 1 heterocycles. The highest BCUT2D eigenvalue weighted by molar-refractivity contribution is 5.81. The number of carbonyl (C=O) groups is 2. The Morgan fingerprint density at radius 2 is 2.00 bits per heavy atom. The highest BCUT2D eigenvalue weighted by Crippen LogP contribution is 2.21. The Balaban J connectivity index is 2.39. The van der Waals surface area contributed by atoms with Crippen LogP contribution in [0.15, 0.2) is 0 Å². The summed E-state index contributed by atoms with van der Waals surface area (Å²) in [4.78, 5) is 22.0. The lowest BCUT2D eigenvalue weighted by molar-refractivity contribution is -0.173. The molecule has 0 aromatic heterocycles. The normalized spacial score (nSPS) is 24.8. The van der Waals surface area contributed by atoms with E-state index in [1.807, 2.05) is 0 Å². The van der Waals surface area contributed by atoms with Gasteiger partial charge in [0.05, 0.1) is 0 Å². The van der Waals surface area contributed by atoms with E-state index in [4.69, 9.17) is 5.11 Å². The maximum Gasteiger partial charge on any atom is 0.471 e. The average Bonchev–Trinajstić information content (AvgIpc) is 2.24. The number of alkyl halides is 3. The van der Waals surface area contributed by atoms with Crippen molar-refractivity contribution in [1.29, 1.82) is 0 Å². The summed E-state index contributed by atoms with van der Waals surface area (Å²) in [5.41, 5.74) is 0. The number of piperidine rings is 1. The summed E-state index contributed by atoms with van der Waals surface area (Å²) in [5.74, 6) is -2.40. The molecule has 9 heteroatoms. The molecule has 104 valence electrons. The third-order valence-electron chi connectivity index (χ3n) is 2.74. The monoisotopic (exact) mass is 270 g/mol. The smallest absolute Gasteiger partial charge is 0.465 e. The van der Waals surface area contributed by atoms with E-state index in [-0.39, 0.29) is 25.4 Å². The Labute approximate surface area is 100 Å². The van der Waals surface area contributed by atoms with E-state index in [1.54, 1.807) is 5.32 Å². The number of aliphatic hydroxyl groups excluding tert-OH is 1. The van der Waals surface area contributed by atoms with Gasteiger partial charge in [-0.15, -0.1) is 0 Å². The van der Waals surface area contributed by atoms with Crippen LogP contribution >= 0.6 is 0 Å². The van der Waals surface area contributed by atoms with Crippen molar-refractivity contribution in [3.8, 4) is 0 Å². The van der Waals surface area contributed by atoms with Crippen molar-refractivity contribution < 1.29 is 33.0 Å². The second-order valence-corrected chi connectivity index (χ2v) is 4.05. The van der Waals surface area contributed by atoms with Crippen LogP contribution < -0.4 is 5.32 Å². The number of rotatable bonds is 2. The number of hydrogen-bond donors (Lipinski definition) is 3. The molecule has 1 aliphatic heterocycles. The van der Waals surface area contributed by atoms with E-state index in [0.29, 0.717) is 6.42 Å². The molecular weight excluding hydrogens is 257 g/mol. The largest absolute Gasteiger partial charge is 0.471 e. The third kappa shape index (κ3) is 3.76. The predicted octanol–water partition coefficient (Wildman–Crippen LogP) is 0.373. The number of nitrogens with one attached hydrogen (secondary N) is 1. The Morgan fingerprint density at radius 1 is 1.39 bits per heavy atom. The molecule has 0 aromatic rings. The maximum atomic E-state index is 11.9. The zero-order valence-electron chi connectivity index (χ0n) is 9.28. The van der Waals surface area contributed by atoms with Crippen molar-refractivity contribution in [3.05, 3.63) is 0 Å². The number of carboxylic acid groups (broad SMARTS) is 1. The molecule has 2 unspecified atom stereocenters. The van der Waals surface area contributed by atoms with Gasteiger partial charge in [0.2, 0.25) is 0 Å². The molecule has 0 aliphatic carbocycles. The van der Waals surface area contributed by atoms with E-state index in [2.05, 4.69) is 0 Å². The zero-order chi connectivity index (χ0) is 13.9. The molecule has 0 radical (unpaired) electrons. The van der Waals surface area contributed by atoms with E-state index >= 15 is 0 Å². The standard InChI is InChI=1S/C9H13F3N2O4/c10-9(11,12)7(16)13-4-5-1-2-14(8(17)18)6(15)3-5/h5-6,15H,1-4H2,(H,13,16)(H,17,18). The molecule has 0 spiro atoms. The fourth-order valence-electron chi connectivity index (χ4n) is 1.76. The second kappa shape index (κ2) is 5.42. The van der Waals surface area contributed by atoms with Crippen molar-refractivity contribution in [1.82, 2.24) is 10.2 Å². The highest BCUT2D eigenvalue weighted by atomic mass is 19.4. The van der Waals surface area contributed by atoms with Crippen molar-refractivity contribution in [2.45, 2.75) is 25.2 Å². The molecule has 2 amide bonds. The van der Waals surface area contributed by atoms with E-state index in [9.17, 15) is 27.9 Å². The van der Waals surface area contributed by atoms with Crippen LogP contribution in [0.1, 0.15) is 12.8 Å². The first-order valence-corrected chi connectivity index (χ1v) is 5.24. The van der Waals surface area contributed by atoms with Crippen LogP contribution in [-0.4, -0.2) is 52.6 Å². The number of likely N-dealkylation sites (tertiary alicyclic amines) is 1.